The molecule has 1 aliphatic rings. The Morgan fingerprint density at radius 3 is 2.44 bits per heavy atom. The number of ether oxygens (including phenoxy) is 2. The first-order valence-corrected chi connectivity index (χ1v) is 8.45. The number of nitrogens with zero attached hydrogens (tertiary/aromatic N) is 3. The third kappa shape index (κ3) is 4.15. The van der Waals surface area contributed by atoms with Gasteiger partial charge in [-0.25, -0.2) is 9.67 Å². The summed E-state index contributed by atoms with van der Waals surface area (Å²) in [6, 6.07) is 7.97. The molecule has 1 N–H and O–H groups in total. The second kappa shape index (κ2) is 7.07. The maximum absolute atomic E-state index is 11.2. The van der Waals surface area contributed by atoms with Crippen molar-refractivity contribution in [2.24, 2.45) is 5.41 Å². The van der Waals surface area contributed by atoms with Gasteiger partial charge in [0, 0.05) is 5.56 Å². The Balaban J connectivity index is 1.76. The van der Waals surface area contributed by atoms with E-state index in [-0.39, 0.29) is 11.7 Å². The van der Waals surface area contributed by atoms with Gasteiger partial charge in [0.15, 0.2) is 6.29 Å². The van der Waals surface area contributed by atoms with Crippen LogP contribution in [0, 0.1) is 5.41 Å². The van der Waals surface area contributed by atoms with Gasteiger partial charge < -0.3 is 14.6 Å². The average Bonchev–Trinajstić information content (AvgIpc) is 3.26. The van der Waals surface area contributed by atoms with E-state index in [0.717, 1.165) is 11.1 Å². The van der Waals surface area contributed by atoms with Crippen LogP contribution >= 0.6 is 0 Å². The van der Waals surface area contributed by atoms with E-state index in [1.807, 2.05) is 57.2 Å². The Hall–Kier alpha value is -2.02. The smallest absolute Gasteiger partial charge is 0.184 e. The van der Waals surface area contributed by atoms with Crippen LogP contribution < -0.4 is 0 Å². The molecule has 1 atom stereocenters. The Morgan fingerprint density at radius 2 is 1.88 bits per heavy atom. The zero-order valence-corrected chi connectivity index (χ0v) is 14.9. The van der Waals surface area contributed by atoms with Crippen molar-refractivity contribution in [3.63, 3.8) is 0 Å². The fourth-order valence-electron chi connectivity index (χ4n) is 2.65. The van der Waals surface area contributed by atoms with Crippen molar-refractivity contribution >= 4 is 6.08 Å². The van der Waals surface area contributed by atoms with Crippen LogP contribution in [-0.4, -0.2) is 38.7 Å². The lowest BCUT2D eigenvalue weighted by atomic mass is 9.76. The first kappa shape index (κ1) is 17.8. The molecule has 1 aromatic carbocycles. The number of aliphatic hydroxyl groups is 1. The van der Waals surface area contributed by atoms with Crippen molar-refractivity contribution in [3.8, 4) is 0 Å². The third-order valence-corrected chi connectivity index (χ3v) is 4.55. The summed E-state index contributed by atoms with van der Waals surface area (Å²) in [6.45, 7) is 7.62. The molecule has 0 aliphatic carbocycles. The summed E-state index contributed by atoms with van der Waals surface area (Å²) < 4.78 is 12.6. The summed E-state index contributed by atoms with van der Waals surface area (Å²) in [6.07, 6.45) is 6.59. The molecule has 0 bridgehead atoms. The number of hydrogen-bond donors (Lipinski definition) is 1. The highest BCUT2D eigenvalue weighted by Crippen LogP contribution is 2.33. The largest absolute Gasteiger partial charge is 0.383 e. The lowest BCUT2D eigenvalue weighted by molar-refractivity contribution is -0.0441. The van der Waals surface area contributed by atoms with E-state index in [1.165, 1.54) is 6.33 Å². The average molecular weight is 343 g/mol. The van der Waals surface area contributed by atoms with Crippen LogP contribution in [0.25, 0.3) is 6.08 Å². The van der Waals surface area contributed by atoms with Gasteiger partial charge in [-0.3, -0.25) is 0 Å². The summed E-state index contributed by atoms with van der Waals surface area (Å²) in [5, 5.41) is 15.3. The Bertz CT molecular complexity index is 699. The molecule has 1 aromatic heterocycles. The fraction of sp³-hybridized carbons (Fsp3) is 0.474. The van der Waals surface area contributed by atoms with Crippen LogP contribution in [0.3, 0.4) is 0 Å². The Morgan fingerprint density at radius 1 is 1.20 bits per heavy atom. The van der Waals surface area contributed by atoms with E-state index in [4.69, 9.17) is 9.47 Å². The van der Waals surface area contributed by atoms with Gasteiger partial charge in [-0.2, -0.15) is 5.10 Å². The molecular weight excluding hydrogens is 318 g/mol. The third-order valence-electron chi connectivity index (χ3n) is 4.55. The molecule has 0 radical (unpaired) electrons. The van der Waals surface area contributed by atoms with Crippen LogP contribution in [0.1, 0.15) is 38.2 Å². The van der Waals surface area contributed by atoms with Crippen LogP contribution in [0.5, 0.6) is 0 Å². The van der Waals surface area contributed by atoms with Gasteiger partial charge >= 0.3 is 0 Å². The van der Waals surface area contributed by atoms with Crippen molar-refractivity contribution in [1.29, 1.82) is 0 Å². The molecule has 0 spiro atoms. The molecule has 1 unspecified atom stereocenters. The van der Waals surface area contributed by atoms with Crippen LogP contribution in [0.15, 0.2) is 43.0 Å². The monoisotopic (exact) mass is 343 g/mol. The zero-order chi connectivity index (χ0) is 17.9. The minimum absolute atomic E-state index is 0.267. The highest BCUT2D eigenvalue weighted by Gasteiger charge is 2.38. The minimum Gasteiger partial charge on any atom is -0.383 e. The summed E-state index contributed by atoms with van der Waals surface area (Å²) >= 11 is 0. The highest BCUT2D eigenvalue weighted by molar-refractivity contribution is 5.51. The summed E-state index contributed by atoms with van der Waals surface area (Å²) in [5.74, 6) is 0. The second-order valence-corrected chi connectivity index (χ2v) is 7.34. The van der Waals surface area contributed by atoms with Gasteiger partial charge in [0.2, 0.25) is 0 Å². The number of benzene rings is 1. The van der Waals surface area contributed by atoms with E-state index in [9.17, 15) is 5.11 Å². The van der Waals surface area contributed by atoms with Crippen LogP contribution in [0.2, 0.25) is 0 Å². The van der Waals surface area contributed by atoms with Gasteiger partial charge in [-0.15, -0.1) is 0 Å². The Labute approximate surface area is 148 Å². The molecule has 0 amide bonds. The maximum atomic E-state index is 11.2. The zero-order valence-electron chi connectivity index (χ0n) is 14.9. The van der Waals surface area contributed by atoms with Gasteiger partial charge in [0.1, 0.15) is 18.3 Å². The van der Waals surface area contributed by atoms with Crippen LogP contribution in [-0.2, 0) is 16.0 Å². The lowest BCUT2D eigenvalue weighted by Crippen LogP contribution is -2.44. The molecule has 25 heavy (non-hydrogen) atoms. The summed E-state index contributed by atoms with van der Waals surface area (Å²) in [4.78, 5) is 3.95. The van der Waals surface area contributed by atoms with Crippen LogP contribution in [0.4, 0.5) is 0 Å². The molecule has 1 aliphatic heterocycles. The topological polar surface area (TPSA) is 69.4 Å². The van der Waals surface area contributed by atoms with Crippen molar-refractivity contribution in [3.05, 3.63) is 54.1 Å². The lowest BCUT2D eigenvalue weighted by Gasteiger charge is -2.37. The first-order chi connectivity index (χ1) is 11.9. The second-order valence-electron chi connectivity index (χ2n) is 7.34. The van der Waals surface area contributed by atoms with E-state index in [2.05, 4.69) is 10.1 Å². The van der Waals surface area contributed by atoms with E-state index < -0.39 is 5.60 Å². The maximum Gasteiger partial charge on any atom is 0.184 e. The number of aromatic nitrogens is 3. The van der Waals surface area contributed by atoms with Crippen molar-refractivity contribution < 1.29 is 14.6 Å². The van der Waals surface area contributed by atoms with E-state index in [1.54, 1.807) is 11.0 Å². The Kier molecular flexibility index (Phi) is 5.03. The molecular formula is C19H25N3O3. The highest BCUT2D eigenvalue weighted by atomic mass is 16.7. The first-order valence-electron chi connectivity index (χ1n) is 8.45. The van der Waals surface area contributed by atoms with Crippen molar-refractivity contribution in [2.45, 2.75) is 39.2 Å². The van der Waals surface area contributed by atoms with Gasteiger partial charge in [-0.1, -0.05) is 57.2 Å². The molecule has 6 heteroatoms. The normalized spacial score (nSPS) is 18.7. The molecule has 3 rings (SSSR count). The predicted octanol–water partition coefficient (Wildman–Crippen LogP) is 2.81. The molecule has 134 valence electrons. The van der Waals surface area contributed by atoms with Gasteiger partial charge in [-0.05, 0) is 11.0 Å². The van der Waals surface area contributed by atoms with E-state index in [0.29, 0.717) is 19.8 Å². The minimum atomic E-state index is -1.06. The molecule has 1 fully saturated rings. The molecule has 0 saturated carbocycles. The SMILES string of the molecule is CC(C)(C)C(O)(C=Cc1ccc(C2OCCO2)cc1)Cn1cncn1. The summed E-state index contributed by atoms with van der Waals surface area (Å²) in [5.41, 5.74) is 0.587. The molecule has 2 heterocycles. The number of rotatable bonds is 5. The quantitative estimate of drug-likeness (QED) is 0.904. The van der Waals surface area contributed by atoms with Gasteiger partial charge in [0.05, 0.1) is 19.8 Å². The van der Waals surface area contributed by atoms with Crippen molar-refractivity contribution in [1.82, 2.24) is 14.8 Å². The standard InChI is InChI=1S/C19H25N3O3/c1-18(2,3)19(23,12-22-14-20-13-21-22)9-8-15-4-6-16(7-5-15)17-24-10-11-25-17/h4-9,13-14,17,23H,10-12H2,1-3H3. The molecule has 6 nitrogen and oxygen atoms in total. The number of hydrogen-bond acceptors (Lipinski definition) is 5. The predicted molar refractivity (Wildman–Crippen MR) is 94.5 cm³/mol. The molecule has 1 saturated heterocycles. The fourth-order valence-corrected chi connectivity index (χ4v) is 2.65. The molecule has 2 aromatic rings. The summed E-state index contributed by atoms with van der Waals surface area (Å²) in [7, 11) is 0. The van der Waals surface area contributed by atoms with E-state index >= 15 is 0 Å². The van der Waals surface area contributed by atoms with Crippen molar-refractivity contribution in [2.75, 3.05) is 13.2 Å². The van der Waals surface area contributed by atoms with Gasteiger partial charge in [0.25, 0.3) is 0 Å².